The fraction of sp³-hybridized carbons (Fsp3) is 0.554. The summed E-state index contributed by atoms with van der Waals surface area (Å²) in [6.45, 7) is 11.2. The molecule has 1 fully saturated rings. The summed E-state index contributed by atoms with van der Waals surface area (Å²) in [5.41, 5.74) is 7.49. The molecule has 46 heteroatoms. The third-order valence-corrected chi connectivity index (χ3v) is 18.8. The van der Waals surface area contributed by atoms with Crippen molar-refractivity contribution >= 4 is 68.9 Å². The van der Waals surface area contributed by atoms with E-state index in [-0.39, 0.29) is 126 Å². The number of aliphatic carboxylic acids is 2. The zero-order valence-corrected chi connectivity index (χ0v) is 68.9. The van der Waals surface area contributed by atoms with E-state index in [0.717, 1.165) is 33.4 Å². The average molecular weight is 1690 g/mol. The highest BCUT2D eigenvalue weighted by atomic mass is 16.7. The van der Waals surface area contributed by atoms with Crippen molar-refractivity contribution in [2.75, 3.05) is 89.3 Å². The molecule has 0 aliphatic carbocycles. The summed E-state index contributed by atoms with van der Waals surface area (Å²) in [5.74, 6) is -4.52. The van der Waals surface area contributed by atoms with Crippen LogP contribution in [0.2, 0.25) is 0 Å². The Morgan fingerprint density at radius 1 is 0.442 bits per heavy atom. The Morgan fingerprint density at radius 3 is 1.12 bits per heavy atom. The number of hydrogen-bond donors (Lipinski definition) is 6. The maximum absolute atomic E-state index is 14.0. The first-order chi connectivity index (χ1) is 57.2. The Bertz CT molecular complexity index is 5150. The molecule has 6 aromatic heterocycles. The van der Waals surface area contributed by atoms with Crippen molar-refractivity contribution < 1.29 is 121 Å². The summed E-state index contributed by atoms with van der Waals surface area (Å²) < 4.78 is 77.5. The second-order valence-electron chi connectivity index (χ2n) is 27.4. The number of tetrazole rings is 3. The summed E-state index contributed by atoms with van der Waals surface area (Å²) >= 11 is 0. The van der Waals surface area contributed by atoms with Crippen molar-refractivity contribution in [3.05, 3.63) is 101 Å². The van der Waals surface area contributed by atoms with E-state index in [2.05, 4.69) is 66.3 Å². The third kappa shape index (κ3) is 26.1. The Balaban J connectivity index is 0.000000240. The largest absolute Gasteiger partial charge is 0.481 e. The Kier molecular flexibility index (Phi) is 37.0. The highest BCUT2D eigenvalue weighted by Gasteiger charge is 2.37. The van der Waals surface area contributed by atoms with Crippen LogP contribution >= 0.6 is 0 Å². The number of esters is 4. The number of rotatable bonds is 41. The highest BCUT2D eigenvalue weighted by Crippen LogP contribution is 2.27. The van der Waals surface area contributed by atoms with E-state index in [1.165, 1.54) is 65.8 Å². The number of carboxylic acids is 2. The molecule has 0 bridgehead atoms. The van der Waals surface area contributed by atoms with Gasteiger partial charge in [-0.25, -0.2) is 29.0 Å². The molecule has 9 aromatic rings. The lowest BCUT2D eigenvalue weighted by molar-refractivity contribution is -0.219. The number of aromatic nitrogens is 18. The smallest absolute Gasteiger partial charge is 0.314 e. The van der Waals surface area contributed by atoms with Crippen LogP contribution in [-0.4, -0.2) is 294 Å². The van der Waals surface area contributed by atoms with Gasteiger partial charge < -0.3 is 106 Å². The van der Waals surface area contributed by atoms with Crippen LogP contribution in [0.25, 0.3) is 67.7 Å². The lowest BCUT2D eigenvalue weighted by Gasteiger charge is -2.33. The number of aliphatic hydroxyl groups excluding tert-OH is 4. The van der Waals surface area contributed by atoms with Gasteiger partial charge in [-0.15, -0.1) is 15.3 Å². The van der Waals surface area contributed by atoms with Crippen molar-refractivity contribution in [2.45, 2.75) is 155 Å². The predicted molar refractivity (Wildman–Crippen MR) is 414 cm³/mol. The van der Waals surface area contributed by atoms with Crippen molar-refractivity contribution in [1.29, 1.82) is 0 Å². The zero-order valence-electron chi connectivity index (χ0n) is 68.9. The molecule has 7 heterocycles. The van der Waals surface area contributed by atoms with E-state index < -0.39 is 128 Å². The third-order valence-electron chi connectivity index (χ3n) is 18.8. The Labute approximate surface area is 684 Å². The molecule has 1 aliphatic heterocycles. The molecule has 3 aromatic carbocycles. The van der Waals surface area contributed by atoms with Crippen molar-refractivity contribution in [3.8, 4) is 34.6 Å². The van der Waals surface area contributed by atoms with Gasteiger partial charge in [-0.05, 0) is 143 Å². The molecule has 0 unspecified atom stereocenters. The van der Waals surface area contributed by atoms with Crippen LogP contribution in [0.3, 0.4) is 0 Å². The monoisotopic (exact) mass is 1690 g/mol. The predicted octanol–water partition coefficient (Wildman–Crippen LogP) is -0.0659. The number of aryl methyl sites for hydroxylation is 9. The maximum atomic E-state index is 14.0. The van der Waals surface area contributed by atoms with E-state index in [4.69, 9.17) is 67.1 Å². The van der Waals surface area contributed by atoms with Crippen molar-refractivity contribution in [2.24, 2.45) is 27.1 Å². The van der Waals surface area contributed by atoms with Gasteiger partial charge in [0.15, 0.2) is 17.1 Å². The summed E-state index contributed by atoms with van der Waals surface area (Å²) in [6, 6.07) is 11.1. The SMILES string of the molecule is COCO[C@@H](Cn1c(=O)c(-c2nnnn2C)nc2cc(C)c(C)cc21)[C@H](C)[C@@H](CO)OCOC.COCO[C@@H]([C@H](Cn1c(=O)c(-c2nnnn2C)nc2cc(C)c(C)cc21)OCOC)[C@@H](COC(=O)CCC(=O)O)OCOC.Cc1cc2nc(-c3nnnn3C)c(=O)n(C[C@H](O)[C@H](O)[C@H](O)COC(=O)CCC(=O)O)c2cc1C.O=C1CCC(=O)O1. The average Bonchev–Trinajstić information content (AvgIpc) is 1.11. The quantitative estimate of drug-likeness (QED) is 0.0126. The summed E-state index contributed by atoms with van der Waals surface area (Å²) in [5, 5.41) is 92.6. The molecular weight excluding hydrogens is 1590 g/mol. The van der Waals surface area contributed by atoms with Crippen LogP contribution in [-0.2, 0) is 131 Å². The van der Waals surface area contributed by atoms with Gasteiger partial charge in [0, 0.05) is 62.6 Å². The van der Waals surface area contributed by atoms with Gasteiger partial charge in [-0.3, -0.25) is 43.2 Å². The Hall–Kier alpha value is -11.2. The second-order valence-corrected chi connectivity index (χ2v) is 27.4. The van der Waals surface area contributed by atoms with Gasteiger partial charge in [-0.2, -0.15) is 0 Å². The molecule has 1 aliphatic rings. The topological polar surface area (TPSA) is 579 Å². The molecule has 0 saturated carbocycles. The number of methoxy groups -OCH3 is 5. The van der Waals surface area contributed by atoms with Gasteiger partial charge in [-0.1, -0.05) is 6.92 Å². The number of nitrogens with zero attached hydrogens (tertiary/aromatic N) is 18. The van der Waals surface area contributed by atoms with E-state index in [1.54, 1.807) is 30.8 Å². The van der Waals surface area contributed by atoms with Crippen molar-refractivity contribution in [1.82, 2.24) is 89.3 Å². The number of fused-ring (bicyclic) bond motifs is 3. The lowest BCUT2D eigenvalue weighted by atomic mass is 9.97. The number of carbonyl (C=O) groups excluding carboxylic acids is 4. The molecule has 9 atom stereocenters. The first-order valence-corrected chi connectivity index (χ1v) is 37.1. The van der Waals surface area contributed by atoms with Crippen LogP contribution in [0.5, 0.6) is 0 Å². The molecule has 0 radical (unpaired) electrons. The van der Waals surface area contributed by atoms with Crippen molar-refractivity contribution in [3.63, 3.8) is 0 Å². The number of aliphatic hydroxyl groups is 4. The number of benzene rings is 3. The zero-order chi connectivity index (χ0) is 88.2. The minimum atomic E-state index is -1.79. The lowest BCUT2D eigenvalue weighted by Crippen LogP contribution is -2.49. The number of cyclic esters (lactones) is 2. The molecule has 120 heavy (non-hydrogen) atoms. The number of carboxylic acid groups (broad SMARTS) is 2. The minimum absolute atomic E-state index is 0.00734. The van der Waals surface area contributed by atoms with Gasteiger partial charge >= 0.3 is 35.8 Å². The number of hydrogen-bond acceptors (Lipinski definition) is 38. The minimum Gasteiger partial charge on any atom is -0.481 e. The van der Waals surface area contributed by atoms with E-state index in [1.807, 2.05) is 72.7 Å². The molecule has 0 amide bonds. The molecule has 6 N–H and O–H groups in total. The molecule has 10 rings (SSSR count). The molecule has 46 nitrogen and oxygen atoms in total. The van der Waals surface area contributed by atoms with Crippen LogP contribution in [0.15, 0.2) is 50.8 Å². The first kappa shape index (κ1) is 95.9. The fourth-order valence-corrected chi connectivity index (χ4v) is 11.8. The van der Waals surface area contributed by atoms with Gasteiger partial charge in [0.2, 0.25) is 17.5 Å². The number of carbonyl (C=O) groups is 6. The summed E-state index contributed by atoms with van der Waals surface area (Å²) in [4.78, 5) is 120. The second kappa shape index (κ2) is 46.4. The standard InChI is InChI=1S/C27H38N6O11.C22H32N6O6.C21H26N6O8.C4H4O3/c1-16-9-18-19(10-17(16)2)33(27(37)24(28-18)26-29-30-31-32(26)3)11-20(42-13-38-4)25(44-15-40-6)21(43-14-39-5)12-41-23(36)8-7-22(34)35;1-13-7-16-17(8-14(13)2)28(22(30)20(23-16)21-24-25-26-27(21)4)9-18(33-11-31-5)15(3)19(10-29)34-12-32-6;1-10-6-12-13(7-11(10)2)27(21(34)18(22-12)20-23-24-25-26(20)3)8-14(28)19(33)15(29)9-35-17(32)5-4-16(30)31;5-3-1-2-4(6)7-3/h9-10,20-21,25H,7-8,11-15H2,1-6H3,(H,34,35);7-8,15,18-19,29H,9-12H2,1-6H3;6-7,14-15,19,28-29,33H,4-5,8-9H2,1-3H3,(H,30,31);1-2H2/t20-,21+,25-;15-,18-,19+;14-,15+,19-;/m000./s1. The molecule has 0 spiro atoms. The van der Waals surface area contributed by atoms with E-state index in [9.17, 15) is 63.6 Å². The molecule has 654 valence electrons. The van der Waals surface area contributed by atoms with Crippen LogP contribution in [0.1, 0.15) is 78.8 Å². The van der Waals surface area contributed by atoms with Crippen LogP contribution in [0, 0.1) is 47.5 Å². The molecule has 1 saturated heterocycles. The normalized spacial score (nSPS) is 14.3. The van der Waals surface area contributed by atoms with E-state index in [0.29, 0.717) is 33.1 Å². The molecular formula is C74H100N18O28. The van der Waals surface area contributed by atoms with Crippen LogP contribution < -0.4 is 16.7 Å². The summed E-state index contributed by atoms with van der Waals surface area (Å²) in [6.07, 6.45) is -10.3. The maximum Gasteiger partial charge on any atom is 0.314 e. The van der Waals surface area contributed by atoms with E-state index >= 15 is 0 Å². The summed E-state index contributed by atoms with van der Waals surface area (Å²) in [7, 11) is 12.1. The Morgan fingerprint density at radius 2 is 0.775 bits per heavy atom. The first-order valence-electron chi connectivity index (χ1n) is 37.1. The van der Waals surface area contributed by atoms with Crippen LogP contribution in [0.4, 0.5) is 0 Å². The number of ether oxygens (including phenoxy) is 13. The fourth-order valence-electron chi connectivity index (χ4n) is 11.8. The highest BCUT2D eigenvalue weighted by molar-refractivity contribution is 5.92. The van der Waals surface area contributed by atoms with Gasteiger partial charge in [0.05, 0.1) is 110 Å². The van der Waals surface area contributed by atoms with Gasteiger partial charge in [0.25, 0.3) is 16.7 Å². The van der Waals surface area contributed by atoms with Gasteiger partial charge in [0.1, 0.15) is 83.8 Å².